The SMILES string of the molecule is O=C(CCc1cccc2c1B(O)OC2)Nc1cccc(-c2cccc(OC(F)(F)F)c2)c1. The van der Waals surface area contributed by atoms with Gasteiger partial charge in [-0.15, -0.1) is 13.2 Å². The molecule has 0 atom stereocenters. The van der Waals surface area contributed by atoms with Gasteiger partial charge in [-0.2, -0.15) is 0 Å². The molecule has 2 N–H and O–H groups in total. The second-order valence-electron chi connectivity index (χ2n) is 7.36. The van der Waals surface area contributed by atoms with E-state index >= 15 is 0 Å². The number of carbonyl (C=O) groups is 1. The highest BCUT2D eigenvalue weighted by Gasteiger charge is 2.31. The van der Waals surface area contributed by atoms with Gasteiger partial charge in [0.1, 0.15) is 5.75 Å². The summed E-state index contributed by atoms with van der Waals surface area (Å²) >= 11 is 0. The van der Waals surface area contributed by atoms with Crippen LogP contribution in [-0.4, -0.2) is 24.4 Å². The van der Waals surface area contributed by atoms with Crippen molar-refractivity contribution in [2.45, 2.75) is 25.8 Å². The van der Waals surface area contributed by atoms with Crippen molar-refractivity contribution in [1.29, 1.82) is 0 Å². The van der Waals surface area contributed by atoms with Crippen LogP contribution in [0.5, 0.6) is 5.75 Å². The Morgan fingerprint density at radius 3 is 2.56 bits per heavy atom. The van der Waals surface area contributed by atoms with Gasteiger partial charge >= 0.3 is 13.5 Å². The average Bonchev–Trinajstić information content (AvgIpc) is 3.13. The van der Waals surface area contributed by atoms with Crippen molar-refractivity contribution in [1.82, 2.24) is 0 Å². The van der Waals surface area contributed by atoms with Crippen LogP contribution in [0.15, 0.2) is 66.7 Å². The smallest absolute Gasteiger partial charge is 0.423 e. The largest absolute Gasteiger partial charge is 0.573 e. The molecule has 0 radical (unpaired) electrons. The number of halogens is 3. The van der Waals surface area contributed by atoms with Gasteiger partial charge in [-0.3, -0.25) is 4.79 Å². The summed E-state index contributed by atoms with van der Waals surface area (Å²) in [4.78, 5) is 12.5. The lowest BCUT2D eigenvalue weighted by Gasteiger charge is -2.12. The molecule has 1 heterocycles. The van der Waals surface area contributed by atoms with E-state index in [1.54, 1.807) is 30.3 Å². The van der Waals surface area contributed by atoms with Crippen LogP contribution in [0.2, 0.25) is 0 Å². The van der Waals surface area contributed by atoms with Gasteiger partial charge in [-0.05, 0) is 58.4 Å². The first-order chi connectivity index (χ1) is 15.3. The number of fused-ring (bicyclic) bond motifs is 1. The van der Waals surface area contributed by atoms with E-state index in [2.05, 4.69) is 10.1 Å². The van der Waals surface area contributed by atoms with Crippen molar-refractivity contribution in [3.8, 4) is 16.9 Å². The molecule has 9 heteroatoms. The molecule has 0 unspecified atom stereocenters. The van der Waals surface area contributed by atoms with Gasteiger partial charge in [0.05, 0.1) is 6.61 Å². The fourth-order valence-corrected chi connectivity index (χ4v) is 3.70. The Hall–Kier alpha value is -3.30. The summed E-state index contributed by atoms with van der Waals surface area (Å²) < 4.78 is 46.7. The maximum atomic E-state index is 12.5. The number of hydrogen-bond acceptors (Lipinski definition) is 4. The number of ether oxygens (including phenoxy) is 1. The van der Waals surface area contributed by atoms with Crippen LogP contribution in [0.4, 0.5) is 18.9 Å². The fourth-order valence-electron chi connectivity index (χ4n) is 3.70. The number of nitrogens with one attached hydrogen (secondary N) is 1. The molecule has 4 rings (SSSR count). The number of hydrogen-bond donors (Lipinski definition) is 2. The van der Waals surface area contributed by atoms with Gasteiger partial charge in [-0.25, -0.2) is 0 Å². The third kappa shape index (κ3) is 5.30. The molecule has 0 bridgehead atoms. The van der Waals surface area contributed by atoms with Crippen molar-refractivity contribution in [2.24, 2.45) is 0 Å². The molecule has 0 saturated heterocycles. The summed E-state index contributed by atoms with van der Waals surface area (Å²) in [5.74, 6) is -0.534. The first kappa shape index (κ1) is 21.9. The Bertz CT molecular complexity index is 1140. The highest BCUT2D eigenvalue weighted by molar-refractivity contribution is 6.62. The third-order valence-electron chi connectivity index (χ3n) is 5.10. The number of anilines is 1. The summed E-state index contributed by atoms with van der Waals surface area (Å²) in [6.45, 7) is 0.346. The van der Waals surface area contributed by atoms with Crippen molar-refractivity contribution in [3.63, 3.8) is 0 Å². The van der Waals surface area contributed by atoms with E-state index in [0.717, 1.165) is 16.6 Å². The second-order valence-corrected chi connectivity index (χ2v) is 7.36. The van der Waals surface area contributed by atoms with Crippen molar-refractivity contribution in [3.05, 3.63) is 77.9 Å². The zero-order chi connectivity index (χ0) is 22.7. The van der Waals surface area contributed by atoms with E-state index < -0.39 is 13.5 Å². The van der Waals surface area contributed by atoms with Gasteiger partial charge in [0.15, 0.2) is 0 Å². The highest BCUT2D eigenvalue weighted by Crippen LogP contribution is 2.29. The molecule has 0 spiro atoms. The molecule has 0 saturated carbocycles. The number of rotatable bonds is 6. The monoisotopic (exact) mass is 441 g/mol. The molecule has 1 aliphatic heterocycles. The summed E-state index contributed by atoms with van der Waals surface area (Å²) in [5, 5.41) is 12.8. The topological polar surface area (TPSA) is 67.8 Å². The summed E-state index contributed by atoms with van der Waals surface area (Å²) in [6, 6.07) is 18.1. The zero-order valence-electron chi connectivity index (χ0n) is 16.9. The third-order valence-corrected chi connectivity index (χ3v) is 5.10. The molecule has 3 aromatic carbocycles. The second kappa shape index (κ2) is 9.06. The number of amides is 1. The first-order valence-corrected chi connectivity index (χ1v) is 9.95. The van der Waals surface area contributed by atoms with E-state index in [9.17, 15) is 23.0 Å². The van der Waals surface area contributed by atoms with Crippen LogP contribution in [0, 0.1) is 0 Å². The highest BCUT2D eigenvalue weighted by atomic mass is 19.4. The van der Waals surface area contributed by atoms with Crippen LogP contribution in [0.25, 0.3) is 11.1 Å². The number of alkyl halides is 3. The van der Waals surface area contributed by atoms with E-state index in [-0.39, 0.29) is 18.1 Å². The molecule has 0 fully saturated rings. The molecule has 0 aliphatic carbocycles. The lowest BCUT2D eigenvalue weighted by atomic mass is 9.75. The van der Waals surface area contributed by atoms with Crippen LogP contribution in [0.3, 0.4) is 0 Å². The Morgan fingerprint density at radius 2 is 1.78 bits per heavy atom. The van der Waals surface area contributed by atoms with Gasteiger partial charge in [0.2, 0.25) is 5.91 Å². The predicted molar refractivity (Wildman–Crippen MR) is 114 cm³/mol. The Kier molecular flexibility index (Phi) is 6.20. The van der Waals surface area contributed by atoms with E-state index in [4.69, 9.17) is 4.65 Å². The molecule has 3 aromatic rings. The minimum Gasteiger partial charge on any atom is -0.423 e. The lowest BCUT2D eigenvalue weighted by molar-refractivity contribution is -0.274. The van der Waals surface area contributed by atoms with E-state index in [1.165, 1.54) is 18.2 Å². The molecular formula is C23H19BF3NO4. The normalized spacial score (nSPS) is 13.1. The first-order valence-electron chi connectivity index (χ1n) is 9.95. The van der Waals surface area contributed by atoms with E-state index in [0.29, 0.717) is 29.8 Å². The molecule has 32 heavy (non-hydrogen) atoms. The number of benzene rings is 3. The minimum atomic E-state index is -4.77. The van der Waals surface area contributed by atoms with Crippen molar-refractivity contribution >= 4 is 24.2 Å². The lowest BCUT2D eigenvalue weighted by Crippen LogP contribution is -2.31. The predicted octanol–water partition coefficient (Wildman–Crippen LogP) is 4.04. The minimum absolute atomic E-state index is 0.197. The van der Waals surface area contributed by atoms with Crippen molar-refractivity contribution in [2.75, 3.05) is 5.32 Å². The van der Waals surface area contributed by atoms with Crippen molar-refractivity contribution < 1.29 is 32.4 Å². The average molecular weight is 441 g/mol. The number of carbonyl (C=O) groups excluding carboxylic acids is 1. The fraction of sp³-hybridized carbons (Fsp3) is 0.174. The van der Waals surface area contributed by atoms with Crippen LogP contribution >= 0.6 is 0 Å². The van der Waals surface area contributed by atoms with Crippen LogP contribution in [0.1, 0.15) is 17.5 Å². The van der Waals surface area contributed by atoms with Crippen LogP contribution in [-0.2, 0) is 22.5 Å². The Morgan fingerprint density at radius 1 is 1.06 bits per heavy atom. The summed E-state index contributed by atoms with van der Waals surface area (Å²) in [5.41, 5.74) is 4.19. The van der Waals surface area contributed by atoms with Gasteiger partial charge in [0, 0.05) is 12.1 Å². The van der Waals surface area contributed by atoms with Crippen LogP contribution < -0.4 is 15.5 Å². The molecular weight excluding hydrogens is 422 g/mol. The molecule has 1 amide bonds. The maximum absolute atomic E-state index is 12.5. The molecule has 1 aliphatic rings. The van der Waals surface area contributed by atoms with Gasteiger partial charge in [-0.1, -0.05) is 42.5 Å². The number of aryl methyl sites for hydroxylation is 1. The molecule has 5 nitrogen and oxygen atoms in total. The Balaban J connectivity index is 1.42. The van der Waals surface area contributed by atoms with E-state index in [1.807, 2.05) is 18.2 Å². The quantitative estimate of drug-likeness (QED) is 0.567. The Labute approximate surface area is 182 Å². The molecule has 164 valence electrons. The summed E-state index contributed by atoms with van der Waals surface area (Å²) in [7, 11) is -0.974. The summed E-state index contributed by atoms with van der Waals surface area (Å²) in [6.07, 6.45) is -4.14. The molecule has 0 aromatic heterocycles. The van der Waals surface area contributed by atoms with Gasteiger partial charge < -0.3 is 19.7 Å². The van der Waals surface area contributed by atoms with Gasteiger partial charge in [0.25, 0.3) is 0 Å². The standard InChI is InChI=1S/C23H19BF3NO4/c25-23(26,27)32-20-9-3-6-17(13-20)16-5-2-8-19(12-16)28-21(29)11-10-15-4-1-7-18-14-31-24(30)22(15)18/h1-9,12-13,30H,10-11,14H2,(H,28,29). The maximum Gasteiger partial charge on any atom is 0.573 e. The zero-order valence-corrected chi connectivity index (χ0v) is 16.9.